The summed E-state index contributed by atoms with van der Waals surface area (Å²) >= 11 is 0. The lowest BCUT2D eigenvalue weighted by atomic mass is 9.68. The zero-order valence-electron chi connectivity index (χ0n) is 26.0. The van der Waals surface area contributed by atoms with Crippen molar-refractivity contribution < 1.29 is 23.8 Å². The van der Waals surface area contributed by atoms with Crippen LogP contribution in [0.25, 0.3) is 11.1 Å². The van der Waals surface area contributed by atoms with Gasteiger partial charge in [-0.05, 0) is 75.0 Å². The number of hydrogen-bond acceptors (Lipinski definition) is 7. The first kappa shape index (κ1) is 31.0. The van der Waals surface area contributed by atoms with E-state index >= 15 is 0 Å². The highest BCUT2D eigenvalue weighted by Gasteiger charge is 2.37. The van der Waals surface area contributed by atoms with Gasteiger partial charge in [0.2, 0.25) is 0 Å². The average Bonchev–Trinajstić information content (AvgIpc) is 3.07. The number of nitrogens with zero attached hydrogens (tertiary/aromatic N) is 2. The minimum atomic E-state index is -0.554. The minimum absolute atomic E-state index is 0.00332. The van der Waals surface area contributed by atoms with Crippen molar-refractivity contribution in [1.82, 2.24) is 9.88 Å². The maximum absolute atomic E-state index is 13.6. The van der Waals surface area contributed by atoms with Crippen molar-refractivity contribution in [2.75, 3.05) is 40.5 Å². The van der Waals surface area contributed by atoms with E-state index in [0.29, 0.717) is 34.7 Å². The van der Waals surface area contributed by atoms with E-state index in [1.807, 2.05) is 12.1 Å². The predicted octanol–water partition coefficient (Wildman–Crippen LogP) is 6.79. The van der Waals surface area contributed by atoms with Gasteiger partial charge in [0, 0.05) is 17.5 Å². The number of ether oxygens (including phenoxy) is 3. The molecule has 0 saturated carbocycles. The topological polar surface area (TPSA) is 78.0 Å². The number of carbonyl (C=O) groups excluding carboxylic acids is 2. The van der Waals surface area contributed by atoms with Crippen molar-refractivity contribution in [3.63, 3.8) is 0 Å². The fourth-order valence-electron chi connectivity index (χ4n) is 6.44. The molecule has 4 aromatic rings. The molecule has 0 radical (unpaired) electrons. The minimum Gasteiger partial charge on any atom is -0.497 e. The van der Waals surface area contributed by atoms with Gasteiger partial charge in [0.25, 0.3) is 0 Å². The molecule has 7 heteroatoms. The second-order valence-electron chi connectivity index (χ2n) is 11.3. The van der Waals surface area contributed by atoms with Crippen LogP contribution in [0.4, 0.5) is 0 Å². The van der Waals surface area contributed by atoms with Gasteiger partial charge in [-0.15, -0.1) is 0 Å². The van der Waals surface area contributed by atoms with Crippen molar-refractivity contribution in [3.05, 3.63) is 119 Å². The quantitative estimate of drug-likeness (QED) is 0.148. The van der Waals surface area contributed by atoms with E-state index in [2.05, 4.69) is 70.5 Å². The number of pyridine rings is 1. The second-order valence-corrected chi connectivity index (χ2v) is 11.3. The molecule has 0 atom stereocenters. The molecular formula is C37H40N2O5. The number of aromatic nitrogens is 1. The molecule has 1 aliphatic heterocycles. The van der Waals surface area contributed by atoms with E-state index in [1.165, 1.54) is 18.2 Å². The Kier molecular flexibility index (Phi) is 9.75. The van der Waals surface area contributed by atoms with Crippen LogP contribution >= 0.6 is 0 Å². The lowest BCUT2D eigenvalue weighted by Crippen LogP contribution is -2.43. The first-order chi connectivity index (χ1) is 21.4. The van der Waals surface area contributed by atoms with Crippen LogP contribution in [0, 0.1) is 13.8 Å². The van der Waals surface area contributed by atoms with Gasteiger partial charge < -0.3 is 19.1 Å². The number of esters is 2. The highest BCUT2D eigenvalue weighted by molar-refractivity contribution is 6.07. The fraction of sp³-hybridized carbons (Fsp3) is 0.324. The normalized spacial score (nSPS) is 14.5. The van der Waals surface area contributed by atoms with Crippen LogP contribution in [0.15, 0.2) is 84.9 Å². The Labute approximate surface area is 259 Å². The molecule has 3 aromatic carbocycles. The maximum atomic E-state index is 13.6. The lowest BCUT2D eigenvalue weighted by molar-refractivity contribution is 0.0481. The predicted molar refractivity (Wildman–Crippen MR) is 171 cm³/mol. The molecule has 0 amide bonds. The molecule has 1 fully saturated rings. The van der Waals surface area contributed by atoms with E-state index < -0.39 is 11.9 Å². The molecule has 0 aliphatic carbocycles. The summed E-state index contributed by atoms with van der Waals surface area (Å²) in [5, 5.41) is 0. The summed E-state index contributed by atoms with van der Waals surface area (Å²) in [5.41, 5.74) is 5.38. The third-order valence-electron chi connectivity index (χ3n) is 8.75. The molecule has 2 heterocycles. The standard InChI is InChI=1S/C37H40N2O5/c1-26-32(35(40)43-4)34(28-16-18-31(42-3)19-17-28)33(27(2)38-26)36(41)44-25-11-22-39-23-20-37(21-24-39,29-12-7-5-8-13-29)30-14-9-6-10-15-30/h5-10,12-19H,11,20-25H2,1-4H3. The van der Waals surface area contributed by atoms with Crippen LogP contribution < -0.4 is 4.74 Å². The number of rotatable bonds is 10. The van der Waals surface area contributed by atoms with Gasteiger partial charge in [0.1, 0.15) is 5.75 Å². The van der Waals surface area contributed by atoms with E-state index in [0.717, 1.165) is 32.5 Å². The van der Waals surface area contributed by atoms with Crippen LogP contribution in [-0.2, 0) is 14.9 Å². The number of methoxy groups -OCH3 is 2. The first-order valence-corrected chi connectivity index (χ1v) is 15.1. The molecule has 1 aromatic heterocycles. The summed E-state index contributed by atoms with van der Waals surface area (Å²) in [5.74, 6) is -0.388. The lowest BCUT2D eigenvalue weighted by Gasteiger charge is -2.43. The molecule has 44 heavy (non-hydrogen) atoms. The van der Waals surface area contributed by atoms with Crippen molar-refractivity contribution in [3.8, 4) is 16.9 Å². The van der Waals surface area contributed by atoms with Crippen LogP contribution in [0.2, 0.25) is 0 Å². The Bertz CT molecular complexity index is 1540. The first-order valence-electron chi connectivity index (χ1n) is 15.1. The molecule has 1 aliphatic rings. The van der Waals surface area contributed by atoms with E-state index in [4.69, 9.17) is 14.2 Å². The van der Waals surface area contributed by atoms with Gasteiger partial charge in [-0.2, -0.15) is 0 Å². The van der Waals surface area contributed by atoms with Crippen molar-refractivity contribution in [2.24, 2.45) is 0 Å². The van der Waals surface area contributed by atoms with Crippen LogP contribution in [0.3, 0.4) is 0 Å². The molecule has 0 bridgehead atoms. The average molecular weight is 593 g/mol. The van der Waals surface area contributed by atoms with Crippen LogP contribution in [-0.4, -0.2) is 62.3 Å². The highest BCUT2D eigenvalue weighted by Crippen LogP contribution is 2.41. The number of piperidine rings is 1. The van der Waals surface area contributed by atoms with Crippen molar-refractivity contribution in [2.45, 2.75) is 38.5 Å². The molecule has 1 saturated heterocycles. The Hall–Kier alpha value is -4.49. The smallest absolute Gasteiger partial charge is 0.340 e. The Morgan fingerprint density at radius 2 is 1.32 bits per heavy atom. The zero-order valence-corrected chi connectivity index (χ0v) is 26.0. The SMILES string of the molecule is COC(=O)c1c(C)nc(C)c(C(=O)OCCCN2CCC(c3ccccc3)(c3ccccc3)CC2)c1-c1ccc(OC)cc1. The van der Waals surface area contributed by atoms with Gasteiger partial charge in [0.05, 0.1) is 43.3 Å². The number of aryl methyl sites for hydroxylation is 2. The molecule has 0 N–H and O–H groups in total. The van der Waals surface area contributed by atoms with Crippen molar-refractivity contribution in [1.29, 1.82) is 0 Å². The number of hydrogen-bond donors (Lipinski definition) is 0. The third kappa shape index (κ3) is 6.38. The summed E-state index contributed by atoms with van der Waals surface area (Å²) in [6.07, 6.45) is 2.75. The van der Waals surface area contributed by atoms with Crippen LogP contribution in [0.1, 0.15) is 62.5 Å². The largest absolute Gasteiger partial charge is 0.497 e. The molecule has 228 valence electrons. The van der Waals surface area contributed by atoms with E-state index in [9.17, 15) is 9.59 Å². The molecular weight excluding hydrogens is 552 g/mol. The van der Waals surface area contributed by atoms with Gasteiger partial charge >= 0.3 is 11.9 Å². The third-order valence-corrected chi connectivity index (χ3v) is 8.75. The molecule has 0 unspecified atom stereocenters. The summed E-state index contributed by atoms with van der Waals surface area (Å²) in [6.45, 7) is 6.52. The number of carbonyl (C=O) groups is 2. The summed E-state index contributed by atoms with van der Waals surface area (Å²) in [4.78, 5) is 33.4. The van der Waals surface area contributed by atoms with Gasteiger partial charge in [-0.3, -0.25) is 4.98 Å². The Balaban J connectivity index is 1.27. The van der Waals surface area contributed by atoms with Gasteiger partial charge in [-0.25, -0.2) is 9.59 Å². The summed E-state index contributed by atoms with van der Waals surface area (Å²) < 4.78 is 16.2. The number of benzene rings is 3. The zero-order chi connectivity index (χ0) is 31.1. The monoisotopic (exact) mass is 592 g/mol. The fourth-order valence-corrected chi connectivity index (χ4v) is 6.44. The molecule has 0 spiro atoms. The maximum Gasteiger partial charge on any atom is 0.340 e. The van der Waals surface area contributed by atoms with Gasteiger partial charge in [0.15, 0.2) is 0 Å². The van der Waals surface area contributed by atoms with Crippen molar-refractivity contribution >= 4 is 11.9 Å². The Morgan fingerprint density at radius 1 is 0.773 bits per heavy atom. The van der Waals surface area contributed by atoms with Gasteiger partial charge in [-0.1, -0.05) is 72.8 Å². The van der Waals surface area contributed by atoms with E-state index in [1.54, 1.807) is 33.1 Å². The Morgan fingerprint density at radius 3 is 1.84 bits per heavy atom. The second kappa shape index (κ2) is 13.9. The molecule has 7 nitrogen and oxygen atoms in total. The van der Waals surface area contributed by atoms with E-state index in [-0.39, 0.29) is 23.1 Å². The molecule has 5 rings (SSSR count). The summed E-state index contributed by atoms with van der Waals surface area (Å²) in [7, 11) is 2.91. The van der Waals surface area contributed by atoms with Crippen LogP contribution in [0.5, 0.6) is 5.75 Å². The number of likely N-dealkylation sites (tertiary alicyclic amines) is 1. The highest BCUT2D eigenvalue weighted by atomic mass is 16.5. The summed E-state index contributed by atoms with van der Waals surface area (Å²) in [6, 6.07) is 28.8.